The van der Waals surface area contributed by atoms with Gasteiger partial charge in [0, 0.05) is 0 Å². The lowest BCUT2D eigenvalue weighted by atomic mass is 10.1. The molecule has 2 aromatic carbocycles. The lowest BCUT2D eigenvalue weighted by molar-refractivity contribution is -0.138. The van der Waals surface area contributed by atoms with Gasteiger partial charge in [-0.05, 0) is 36.8 Å². The molecule has 0 amide bonds. The van der Waals surface area contributed by atoms with Crippen LogP contribution in [0.2, 0.25) is 0 Å². The van der Waals surface area contributed by atoms with Gasteiger partial charge in [0.25, 0.3) is 0 Å². The Kier molecular flexibility index (Phi) is 6.06. The minimum Gasteiger partial charge on any atom is -0.449 e. The lowest BCUT2D eigenvalue weighted by Crippen LogP contribution is -2.08. The quantitative estimate of drug-likeness (QED) is 0.550. The van der Waals surface area contributed by atoms with Crippen molar-refractivity contribution in [3.05, 3.63) is 64.4 Å². The summed E-state index contributed by atoms with van der Waals surface area (Å²) >= 11 is 0. The summed E-state index contributed by atoms with van der Waals surface area (Å²) in [6, 6.07) is 8.92. The first kappa shape index (κ1) is 21.2. The fourth-order valence-electron chi connectivity index (χ4n) is 2.18. The van der Waals surface area contributed by atoms with Gasteiger partial charge in [-0.2, -0.15) is 29.0 Å². The van der Waals surface area contributed by atoms with Crippen molar-refractivity contribution in [1.82, 2.24) is 0 Å². The van der Waals surface area contributed by atoms with Crippen molar-refractivity contribution >= 4 is 5.69 Å². The topological polar surface area (TPSA) is 92.6 Å². The number of hydrogen-bond acceptors (Lipinski definition) is 5. The monoisotopic (exact) mass is 404 g/mol. The van der Waals surface area contributed by atoms with Crippen LogP contribution in [0.25, 0.3) is 0 Å². The van der Waals surface area contributed by atoms with Gasteiger partial charge in [0.15, 0.2) is 28.7 Å². The number of aryl methyl sites for hydroxylation is 1. The van der Waals surface area contributed by atoms with Crippen molar-refractivity contribution in [1.29, 1.82) is 15.8 Å². The molecule has 2 aromatic rings. The van der Waals surface area contributed by atoms with Gasteiger partial charge in [-0.3, -0.25) is 0 Å². The molecular formula is C19H9F5N4O. The number of anilines is 1. The highest BCUT2D eigenvalue weighted by molar-refractivity contribution is 5.66. The molecule has 2 rings (SSSR count). The van der Waals surface area contributed by atoms with Crippen LogP contribution < -0.4 is 10.1 Å². The Morgan fingerprint density at radius 2 is 1.55 bits per heavy atom. The normalized spacial score (nSPS) is 10.3. The predicted molar refractivity (Wildman–Crippen MR) is 90.1 cm³/mol. The second-order valence-corrected chi connectivity index (χ2v) is 5.58. The second kappa shape index (κ2) is 8.28. The van der Waals surface area contributed by atoms with Crippen LogP contribution in [0.4, 0.5) is 27.6 Å². The van der Waals surface area contributed by atoms with E-state index in [-0.39, 0.29) is 23.6 Å². The summed E-state index contributed by atoms with van der Waals surface area (Å²) in [7, 11) is 0. The van der Waals surface area contributed by atoms with Gasteiger partial charge in [0.1, 0.15) is 23.9 Å². The van der Waals surface area contributed by atoms with Crippen molar-refractivity contribution in [2.75, 3.05) is 5.32 Å². The number of halogens is 5. The maximum Gasteiger partial charge on any atom is 0.416 e. The largest absolute Gasteiger partial charge is 0.449 e. The first-order chi connectivity index (χ1) is 13.6. The van der Waals surface area contributed by atoms with Gasteiger partial charge in [-0.1, -0.05) is 6.07 Å². The number of hydrogen-bond donors (Lipinski definition) is 1. The van der Waals surface area contributed by atoms with Gasteiger partial charge < -0.3 is 10.1 Å². The van der Waals surface area contributed by atoms with E-state index in [1.165, 1.54) is 30.3 Å². The standard InChI is InChI=1S/C19H9F5N4O/c1-10-2-3-17(15(4-10)28-16(9-27)11(7-25)8-26)29-18-13(20)5-12(6-14(18)21)19(22,23)24/h2-6,28H,1H3. The number of nitrogens with zero attached hydrogens (tertiary/aromatic N) is 3. The van der Waals surface area contributed by atoms with Crippen molar-refractivity contribution in [3.8, 4) is 29.7 Å². The molecule has 146 valence electrons. The summed E-state index contributed by atoms with van der Waals surface area (Å²) in [4.78, 5) is 0. The number of nitrogens with one attached hydrogen (secondary N) is 1. The summed E-state index contributed by atoms with van der Waals surface area (Å²) in [5.41, 5.74) is -1.95. The van der Waals surface area contributed by atoms with Crippen molar-refractivity contribution < 1.29 is 26.7 Å². The average molecular weight is 404 g/mol. The number of benzene rings is 2. The average Bonchev–Trinajstić information content (AvgIpc) is 2.65. The fourth-order valence-corrected chi connectivity index (χ4v) is 2.18. The smallest absolute Gasteiger partial charge is 0.416 e. The van der Waals surface area contributed by atoms with E-state index in [0.29, 0.717) is 5.56 Å². The van der Waals surface area contributed by atoms with Crippen LogP contribution in [0.1, 0.15) is 11.1 Å². The molecule has 5 nitrogen and oxygen atoms in total. The third-order valence-corrected chi connectivity index (χ3v) is 3.52. The van der Waals surface area contributed by atoms with Crippen LogP contribution in [0.15, 0.2) is 41.6 Å². The van der Waals surface area contributed by atoms with Crippen molar-refractivity contribution in [3.63, 3.8) is 0 Å². The van der Waals surface area contributed by atoms with E-state index in [0.717, 1.165) is 0 Å². The molecule has 0 spiro atoms. The number of rotatable bonds is 4. The van der Waals surface area contributed by atoms with Gasteiger partial charge in [0.2, 0.25) is 0 Å². The number of ether oxygens (including phenoxy) is 1. The van der Waals surface area contributed by atoms with E-state index < -0.39 is 40.4 Å². The van der Waals surface area contributed by atoms with Crippen LogP contribution in [0.5, 0.6) is 11.5 Å². The van der Waals surface area contributed by atoms with Gasteiger partial charge >= 0.3 is 6.18 Å². The molecule has 0 heterocycles. The molecule has 0 bridgehead atoms. The maximum absolute atomic E-state index is 14.1. The Morgan fingerprint density at radius 1 is 0.966 bits per heavy atom. The molecule has 0 saturated carbocycles. The summed E-state index contributed by atoms with van der Waals surface area (Å²) in [5.74, 6) is -4.52. The number of alkyl halides is 3. The molecule has 0 aliphatic rings. The molecule has 0 atom stereocenters. The summed E-state index contributed by atoms with van der Waals surface area (Å²) < 4.78 is 71.3. The van der Waals surface area contributed by atoms with Crippen LogP contribution >= 0.6 is 0 Å². The molecule has 1 N–H and O–H groups in total. The minimum atomic E-state index is -4.95. The SMILES string of the molecule is Cc1ccc(Oc2c(F)cc(C(F)(F)F)cc2F)c(NC(C#N)=C(C#N)C#N)c1. The Hall–Kier alpha value is -4.10. The second-order valence-electron chi connectivity index (χ2n) is 5.58. The Morgan fingerprint density at radius 3 is 2.03 bits per heavy atom. The van der Waals surface area contributed by atoms with E-state index in [2.05, 4.69) is 5.32 Å². The number of nitriles is 3. The highest BCUT2D eigenvalue weighted by atomic mass is 19.4. The molecule has 0 aliphatic carbocycles. The molecule has 0 aromatic heterocycles. The van der Waals surface area contributed by atoms with E-state index >= 15 is 0 Å². The van der Waals surface area contributed by atoms with Crippen LogP contribution in [-0.4, -0.2) is 0 Å². The Balaban J connectivity index is 2.52. The molecule has 0 aliphatic heterocycles. The third kappa shape index (κ3) is 4.79. The summed E-state index contributed by atoms with van der Waals surface area (Å²) in [6.07, 6.45) is -4.95. The Labute approximate surface area is 161 Å². The zero-order valence-corrected chi connectivity index (χ0v) is 14.5. The van der Waals surface area contributed by atoms with E-state index in [4.69, 9.17) is 20.5 Å². The Bertz CT molecular complexity index is 1080. The molecule has 0 radical (unpaired) electrons. The number of allylic oxidation sites excluding steroid dienone is 2. The van der Waals surface area contributed by atoms with E-state index in [1.54, 1.807) is 13.0 Å². The van der Waals surface area contributed by atoms with E-state index in [9.17, 15) is 22.0 Å². The van der Waals surface area contributed by atoms with Crippen molar-refractivity contribution in [2.45, 2.75) is 13.1 Å². The third-order valence-electron chi connectivity index (χ3n) is 3.52. The van der Waals surface area contributed by atoms with Gasteiger partial charge in [-0.25, -0.2) is 8.78 Å². The zero-order chi connectivity index (χ0) is 21.8. The predicted octanol–water partition coefficient (Wildman–Crippen LogP) is 5.32. The van der Waals surface area contributed by atoms with E-state index in [1.807, 2.05) is 0 Å². The molecule has 0 unspecified atom stereocenters. The van der Waals surface area contributed by atoms with Crippen molar-refractivity contribution in [2.24, 2.45) is 0 Å². The van der Waals surface area contributed by atoms with Crippen LogP contribution in [-0.2, 0) is 6.18 Å². The molecule has 29 heavy (non-hydrogen) atoms. The minimum absolute atomic E-state index is 0.0387. The van der Waals surface area contributed by atoms with Gasteiger partial charge in [0.05, 0.1) is 11.3 Å². The molecule has 0 fully saturated rings. The van der Waals surface area contributed by atoms with Crippen LogP contribution in [0, 0.1) is 52.6 Å². The first-order valence-corrected chi connectivity index (χ1v) is 7.67. The van der Waals surface area contributed by atoms with Gasteiger partial charge in [-0.15, -0.1) is 0 Å². The zero-order valence-electron chi connectivity index (χ0n) is 14.5. The maximum atomic E-state index is 14.1. The lowest BCUT2D eigenvalue weighted by Gasteiger charge is -2.15. The molecule has 0 saturated heterocycles. The molecule has 10 heteroatoms. The molecular weight excluding hydrogens is 395 g/mol. The summed E-state index contributed by atoms with van der Waals surface area (Å²) in [6.45, 7) is 1.64. The highest BCUT2D eigenvalue weighted by Gasteiger charge is 2.33. The van der Waals surface area contributed by atoms with Crippen LogP contribution in [0.3, 0.4) is 0 Å². The fraction of sp³-hybridized carbons (Fsp3) is 0.105. The summed E-state index contributed by atoms with van der Waals surface area (Å²) in [5, 5.41) is 29.4. The highest BCUT2D eigenvalue weighted by Crippen LogP contribution is 2.38. The first-order valence-electron chi connectivity index (χ1n) is 7.67.